The predicted molar refractivity (Wildman–Crippen MR) is 76.3 cm³/mol. The van der Waals surface area contributed by atoms with Crippen molar-refractivity contribution < 1.29 is 4.74 Å². The molecule has 0 amide bonds. The third-order valence-corrected chi connectivity index (χ3v) is 3.62. The van der Waals surface area contributed by atoms with Crippen LogP contribution in [0.1, 0.15) is 23.5 Å². The van der Waals surface area contributed by atoms with Crippen LogP contribution in [0.15, 0.2) is 36.5 Å². The molecule has 0 aliphatic heterocycles. The number of nitrogens with two attached hydrogens (primary N) is 1. The van der Waals surface area contributed by atoms with Gasteiger partial charge in [0.15, 0.2) is 0 Å². The van der Waals surface area contributed by atoms with Crippen molar-refractivity contribution in [3.05, 3.63) is 47.7 Å². The van der Waals surface area contributed by atoms with Gasteiger partial charge in [0.1, 0.15) is 5.75 Å². The van der Waals surface area contributed by atoms with E-state index in [9.17, 15) is 0 Å². The number of hydrogen-bond donors (Lipinski definition) is 1. The average molecular weight is 265 g/mol. The molecule has 0 bridgehead atoms. The number of rotatable bonds is 3. The zero-order valence-corrected chi connectivity index (χ0v) is 11.2. The summed E-state index contributed by atoms with van der Waals surface area (Å²) in [6, 6.07) is 11.8. The number of benzene rings is 1. The van der Waals surface area contributed by atoms with Crippen molar-refractivity contribution >= 4 is 0 Å². The first-order valence-corrected chi connectivity index (χ1v) is 6.52. The van der Waals surface area contributed by atoms with Crippen LogP contribution in [0.5, 0.6) is 5.75 Å². The van der Waals surface area contributed by atoms with Crippen LogP contribution in [0.4, 0.5) is 0 Å². The van der Waals surface area contributed by atoms with Gasteiger partial charge < -0.3 is 10.5 Å². The lowest BCUT2D eigenvalue weighted by Gasteiger charge is -2.06. The van der Waals surface area contributed by atoms with Crippen molar-refractivity contribution in [1.82, 2.24) is 4.98 Å². The lowest BCUT2D eigenvalue weighted by molar-refractivity contribution is 0.415. The van der Waals surface area contributed by atoms with Gasteiger partial charge in [-0.3, -0.25) is 4.98 Å². The maximum Gasteiger partial charge on any atom is 0.120 e. The minimum absolute atomic E-state index is 0.282. The molecule has 0 spiro atoms. The van der Waals surface area contributed by atoms with E-state index in [0.717, 1.165) is 17.7 Å². The molecule has 100 valence electrons. The Labute approximate surface area is 117 Å². The number of methoxy groups -OCH3 is 1. The van der Waals surface area contributed by atoms with Gasteiger partial charge in [-0.2, -0.15) is 5.26 Å². The average Bonchev–Trinajstić information content (AvgIpc) is 3.23. The minimum atomic E-state index is 0.282. The van der Waals surface area contributed by atoms with Crippen LogP contribution >= 0.6 is 0 Å². The van der Waals surface area contributed by atoms with E-state index in [0.29, 0.717) is 17.2 Å². The van der Waals surface area contributed by atoms with Gasteiger partial charge >= 0.3 is 0 Å². The van der Waals surface area contributed by atoms with Crippen molar-refractivity contribution in [2.45, 2.75) is 18.4 Å². The molecule has 1 aromatic carbocycles. The Morgan fingerprint density at radius 1 is 1.35 bits per heavy atom. The zero-order chi connectivity index (χ0) is 14.1. The molecule has 0 saturated heterocycles. The van der Waals surface area contributed by atoms with Gasteiger partial charge in [0.25, 0.3) is 0 Å². The second-order valence-electron chi connectivity index (χ2n) is 5.04. The van der Waals surface area contributed by atoms with Crippen LogP contribution < -0.4 is 10.5 Å². The van der Waals surface area contributed by atoms with Crippen molar-refractivity contribution in [3.63, 3.8) is 0 Å². The third-order valence-electron chi connectivity index (χ3n) is 3.62. The SMILES string of the molecule is COc1cc(C#N)cc(-c2ccc([C@@H]3C[C@H]3N)cn2)c1. The summed E-state index contributed by atoms with van der Waals surface area (Å²) in [7, 11) is 1.59. The summed E-state index contributed by atoms with van der Waals surface area (Å²) in [6.07, 6.45) is 2.91. The summed E-state index contributed by atoms with van der Waals surface area (Å²) in [5, 5.41) is 9.04. The summed E-state index contributed by atoms with van der Waals surface area (Å²) >= 11 is 0. The number of ether oxygens (including phenoxy) is 1. The van der Waals surface area contributed by atoms with E-state index in [-0.39, 0.29) is 6.04 Å². The Balaban J connectivity index is 1.94. The molecule has 1 saturated carbocycles. The van der Waals surface area contributed by atoms with Gasteiger partial charge in [0.05, 0.1) is 24.4 Å². The molecule has 1 aromatic heterocycles. The van der Waals surface area contributed by atoms with Crippen LogP contribution in [-0.2, 0) is 0 Å². The molecular weight excluding hydrogens is 250 g/mol. The molecule has 1 aliphatic carbocycles. The molecule has 4 heteroatoms. The number of nitriles is 1. The van der Waals surface area contributed by atoms with Crippen LogP contribution in [-0.4, -0.2) is 18.1 Å². The molecule has 1 aliphatic rings. The summed E-state index contributed by atoms with van der Waals surface area (Å²) in [6.45, 7) is 0. The van der Waals surface area contributed by atoms with E-state index >= 15 is 0 Å². The normalized spacial score (nSPS) is 20.2. The third kappa shape index (κ3) is 2.36. The summed E-state index contributed by atoms with van der Waals surface area (Å²) in [4.78, 5) is 4.47. The predicted octanol–water partition coefficient (Wildman–Crippen LogP) is 2.44. The molecule has 2 atom stereocenters. The first-order chi connectivity index (χ1) is 9.71. The molecule has 2 aromatic rings. The first kappa shape index (κ1) is 12.6. The van der Waals surface area contributed by atoms with Gasteiger partial charge in [0, 0.05) is 23.7 Å². The second-order valence-corrected chi connectivity index (χ2v) is 5.04. The van der Waals surface area contributed by atoms with Crippen LogP contribution in [0, 0.1) is 11.3 Å². The molecule has 2 N–H and O–H groups in total. The molecular formula is C16H15N3O. The highest BCUT2D eigenvalue weighted by Gasteiger charge is 2.34. The number of hydrogen-bond acceptors (Lipinski definition) is 4. The fraction of sp³-hybridized carbons (Fsp3) is 0.250. The summed E-state index contributed by atoms with van der Waals surface area (Å²) in [5.41, 5.74) is 9.31. The standard InChI is InChI=1S/C16H15N3O/c1-20-13-5-10(8-17)4-12(6-13)16-3-2-11(9-19-16)14-7-15(14)18/h2-6,9,14-15H,7,18H2,1H3/t14-,15+/m0/s1. The van der Waals surface area contributed by atoms with Crippen LogP contribution in [0.2, 0.25) is 0 Å². The maximum absolute atomic E-state index is 9.04. The fourth-order valence-corrected chi connectivity index (χ4v) is 2.32. The van der Waals surface area contributed by atoms with Gasteiger partial charge in [-0.25, -0.2) is 0 Å². The van der Waals surface area contributed by atoms with E-state index in [1.54, 1.807) is 13.2 Å². The van der Waals surface area contributed by atoms with E-state index in [4.69, 9.17) is 15.7 Å². The quantitative estimate of drug-likeness (QED) is 0.925. The topological polar surface area (TPSA) is 71.9 Å². The number of nitrogens with zero attached hydrogens (tertiary/aromatic N) is 2. The van der Waals surface area contributed by atoms with E-state index in [2.05, 4.69) is 17.1 Å². The van der Waals surface area contributed by atoms with Gasteiger partial charge in [-0.1, -0.05) is 6.07 Å². The summed E-state index contributed by atoms with van der Waals surface area (Å²) in [5.74, 6) is 1.12. The lowest BCUT2D eigenvalue weighted by Crippen LogP contribution is -2.01. The molecule has 0 radical (unpaired) electrons. The highest BCUT2D eigenvalue weighted by atomic mass is 16.5. The zero-order valence-electron chi connectivity index (χ0n) is 11.2. The smallest absolute Gasteiger partial charge is 0.120 e. The Hall–Kier alpha value is -2.38. The molecule has 20 heavy (non-hydrogen) atoms. The molecule has 1 heterocycles. The largest absolute Gasteiger partial charge is 0.497 e. The van der Waals surface area contributed by atoms with Crippen molar-refractivity contribution in [1.29, 1.82) is 5.26 Å². The van der Waals surface area contributed by atoms with E-state index in [1.807, 2.05) is 24.4 Å². The van der Waals surface area contributed by atoms with E-state index < -0.39 is 0 Å². The molecule has 4 nitrogen and oxygen atoms in total. The van der Waals surface area contributed by atoms with Crippen molar-refractivity contribution in [2.24, 2.45) is 5.73 Å². The molecule has 3 rings (SSSR count). The highest BCUT2D eigenvalue weighted by molar-refractivity contribution is 5.64. The Morgan fingerprint density at radius 3 is 2.70 bits per heavy atom. The van der Waals surface area contributed by atoms with Gasteiger partial charge in [-0.05, 0) is 36.2 Å². The summed E-state index contributed by atoms with van der Waals surface area (Å²) < 4.78 is 5.21. The second kappa shape index (κ2) is 4.95. The highest BCUT2D eigenvalue weighted by Crippen LogP contribution is 2.39. The fourth-order valence-electron chi connectivity index (χ4n) is 2.32. The number of pyridine rings is 1. The van der Waals surface area contributed by atoms with Crippen molar-refractivity contribution in [3.8, 4) is 23.1 Å². The first-order valence-electron chi connectivity index (χ1n) is 6.52. The van der Waals surface area contributed by atoms with Gasteiger partial charge in [0.2, 0.25) is 0 Å². The van der Waals surface area contributed by atoms with Crippen LogP contribution in [0.3, 0.4) is 0 Å². The van der Waals surface area contributed by atoms with Gasteiger partial charge in [-0.15, -0.1) is 0 Å². The Morgan fingerprint density at radius 2 is 2.15 bits per heavy atom. The Kier molecular flexibility index (Phi) is 3.13. The molecule has 0 unspecified atom stereocenters. The molecule has 1 fully saturated rings. The lowest BCUT2D eigenvalue weighted by atomic mass is 10.1. The van der Waals surface area contributed by atoms with Crippen molar-refractivity contribution in [2.75, 3.05) is 7.11 Å². The minimum Gasteiger partial charge on any atom is -0.497 e. The van der Waals surface area contributed by atoms with E-state index in [1.165, 1.54) is 5.56 Å². The number of aromatic nitrogens is 1. The van der Waals surface area contributed by atoms with Crippen LogP contribution in [0.25, 0.3) is 11.3 Å². The maximum atomic E-state index is 9.04. The monoisotopic (exact) mass is 265 g/mol. The Bertz CT molecular complexity index is 673.